The van der Waals surface area contributed by atoms with Gasteiger partial charge in [0.2, 0.25) is 0 Å². The number of nitrogens with zero attached hydrogens (tertiary/aromatic N) is 1. The van der Waals surface area contributed by atoms with Crippen molar-refractivity contribution in [3.8, 4) is 0 Å². The fourth-order valence-electron chi connectivity index (χ4n) is 2.61. The Labute approximate surface area is 147 Å². The fourth-order valence-corrected chi connectivity index (χ4v) is 2.61. The van der Waals surface area contributed by atoms with E-state index >= 15 is 0 Å². The van der Waals surface area contributed by atoms with Crippen LogP contribution in [0.3, 0.4) is 0 Å². The maximum atomic E-state index is 12.4. The third kappa shape index (κ3) is 5.37. The van der Waals surface area contributed by atoms with Crippen LogP contribution in [-0.2, 0) is 14.3 Å². The zero-order chi connectivity index (χ0) is 18.4. The standard InChI is InChI=1S/C18H25N3O4/c1-13(20(3)12-17(23)21-7-9-25-10-8-21)18(24)19-16-6-4-5-15(11-16)14(2)22/h4-6,11,13H,7-10,12H2,1-3H3,(H,19,24)/p+1/t13-/m1/s1. The smallest absolute Gasteiger partial charge is 0.282 e. The number of nitrogens with one attached hydrogen (secondary N) is 2. The van der Waals surface area contributed by atoms with E-state index < -0.39 is 6.04 Å². The van der Waals surface area contributed by atoms with E-state index in [0.29, 0.717) is 37.6 Å². The number of hydrogen-bond donors (Lipinski definition) is 2. The van der Waals surface area contributed by atoms with Gasteiger partial charge in [-0.05, 0) is 26.0 Å². The summed E-state index contributed by atoms with van der Waals surface area (Å²) < 4.78 is 5.24. The summed E-state index contributed by atoms with van der Waals surface area (Å²) in [5.41, 5.74) is 1.13. The average Bonchev–Trinajstić information content (AvgIpc) is 2.61. The van der Waals surface area contributed by atoms with Crippen LogP contribution in [0.25, 0.3) is 0 Å². The van der Waals surface area contributed by atoms with Crippen molar-refractivity contribution in [3.63, 3.8) is 0 Å². The van der Waals surface area contributed by atoms with E-state index in [0.717, 1.165) is 4.90 Å². The molecule has 1 aromatic rings. The fraction of sp³-hybridized carbons (Fsp3) is 0.500. The third-order valence-corrected chi connectivity index (χ3v) is 4.46. The molecule has 0 radical (unpaired) electrons. The van der Waals surface area contributed by atoms with E-state index in [-0.39, 0.29) is 24.1 Å². The number of quaternary nitrogens is 1. The largest absolute Gasteiger partial charge is 0.378 e. The van der Waals surface area contributed by atoms with Gasteiger partial charge in [0.25, 0.3) is 11.8 Å². The second kappa shape index (κ2) is 8.73. The van der Waals surface area contributed by atoms with Crippen LogP contribution >= 0.6 is 0 Å². The van der Waals surface area contributed by atoms with E-state index in [1.165, 1.54) is 6.92 Å². The van der Waals surface area contributed by atoms with Gasteiger partial charge < -0.3 is 19.9 Å². The Hall–Kier alpha value is -2.25. The van der Waals surface area contributed by atoms with E-state index in [1.54, 1.807) is 36.1 Å². The van der Waals surface area contributed by atoms with Crippen LogP contribution < -0.4 is 10.2 Å². The van der Waals surface area contributed by atoms with Crippen LogP contribution in [-0.4, -0.2) is 68.4 Å². The molecule has 0 saturated carbocycles. The van der Waals surface area contributed by atoms with Gasteiger partial charge in [-0.3, -0.25) is 14.4 Å². The highest BCUT2D eigenvalue weighted by atomic mass is 16.5. The Morgan fingerprint density at radius 3 is 2.60 bits per heavy atom. The highest BCUT2D eigenvalue weighted by Gasteiger charge is 2.27. The normalized spacial score (nSPS) is 16.8. The lowest BCUT2D eigenvalue weighted by Crippen LogP contribution is -3.15. The first-order valence-electron chi connectivity index (χ1n) is 8.48. The van der Waals surface area contributed by atoms with Crippen molar-refractivity contribution in [1.82, 2.24) is 4.90 Å². The maximum absolute atomic E-state index is 12.4. The molecule has 2 atom stereocenters. The first kappa shape index (κ1) is 19.1. The van der Waals surface area contributed by atoms with Crippen molar-refractivity contribution < 1.29 is 24.0 Å². The molecular formula is C18H26N3O4+. The minimum Gasteiger partial charge on any atom is -0.378 e. The number of Topliss-reactive ketones (excluding diaryl/α,β-unsaturated/α-hetero) is 1. The molecule has 1 aliphatic rings. The van der Waals surface area contributed by atoms with Crippen LogP contribution in [0.15, 0.2) is 24.3 Å². The third-order valence-electron chi connectivity index (χ3n) is 4.46. The second-order valence-electron chi connectivity index (χ2n) is 6.36. The number of anilines is 1. The molecule has 25 heavy (non-hydrogen) atoms. The number of carbonyl (C=O) groups is 3. The van der Waals surface area contributed by atoms with Gasteiger partial charge >= 0.3 is 0 Å². The lowest BCUT2D eigenvalue weighted by Gasteiger charge is -2.28. The number of ether oxygens (including phenoxy) is 1. The van der Waals surface area contributed by atoms with E-state index in [4.69, 9.17) is 4.74 Å². The minimum absolute atomic E-state index is 0.0269. The van der Waals surface area contributed by atoms with Gasteiger partial charge in [-0.25, -0.2) is 0 Å². The number of rotatable bonds is 6. The molecule has 0 aliphatic carbocycles. The molecular weight excluding hydrogens is 322 g/mol. The first-order valence-corrected chi connectivity index (χ1v) is 8.48. The van der Waals surface area contributed by atoms with Crippen molar-refractivity contribution in [1.29, 1.82) is 0 Å². The summed E-state index contributed by atoms with van der Waals surface area (Å²) in [7, 11) is 1.83. The summed E-state index contributed by atoms with van der Waals surface area (Å²) in [5.74, 6) is -0.213. The first-order chi connectivity index (χ1) is 11.9. The molecule has 1 unspecified atom stereocenters. The van der Waals surface area contributed by atoms with Gasteiger partial charge in [0.15, 0.2) is 18.4 Å². The van der Waals surface area contributed by atoms with Gasteiger partial charge in [0.1, 0.15) is 0 Å². The van der Waals surface area contributed by atoms with Crippen LogP contribution in [0.4, 0.5) is 5.69 Å². The highest BCUT2D eigenvalue weighted by molar-refractivity contribution is 5.98. The lowest BCUT2D eigenvalue weighted by atomic mass is 10.1. The average molecular weight is 348 g/mol. The molecule has 0 aromatic heterocycles. The van der Waals surface area contributed by atoms with E-state index in [9.17, 15) is 14.4 Å². The SMILES string of the molecule is CC(=O)c1cccc(NC(=O)[C@@H](C)[NH+](C)CC(=O)N2CCOCC2)c1. The number of benzene rings is 1. The van der Waals surface area contributed by atoms with Gasteiger partial charge in [0.05, 0.1) is 20.3 Å². The molecule has 2 N–H and O–H groups in total. The van der Waals surface area contributed by atoms with Crippen LogP contribution in [0, 0.1) is 0 Å². The molecule has 2 rings (SSSR count). The number of hydrogen-bond acceptors (Lipinski definition) is 4. The summed E-state index contributed by atoms with van der Waals surface area (Å²) in [6.45, 7) is 5.85. The highest BCUT2D eigenvalue weighted by Crippen LogP contribution is 2.11. The predicted octanol–water partition coefficient (Wildman–Crippen LogP) is -0.410. The molecule has 1 aromatic carbocycles. The van der Waals surface area contributed by atoms with Crippen molar-refractivity contribution in [2.45, 2.75) is 19.9 Å². The van der Waals surface area contributed by atoms with Crippen LogP contribution in [0.5, 0.6) is 0 Å². The van der Waals surface area contributed by atoms with E-state index in [2.05, 4.69) is 5.32 Å². The molecule has 136 valence electrons. The monoisotopic (exact) mass is 348 g/mol. The number of likely N-dealkylation sites (N-methyl/N-ethyl adjacent to an activating group) is 1. The Morgan fingerprint density at radius 1 is 1.28 bits per heavy atom. The lowest BCUT2D eigenvalue weighted by molar-refractivity contribution is -0.886. The second-order valence-corrected chi connectivity index (χ2v) is 6.36. The minimum atomic E-state index is -0.397. The zero-order valence-corrected chi connectivity index (χ0v) is 15.0. The van der Waals surface area contributed by atoms with Gasteiger partial charge in [-0.2, -0.15) is 0 Å². The van der Waals surface area contributed by atoms with Gasteiger partial charge in [0, 0.05) is 24.3 Å². The number of morpholine rings is 1. The van der Waals surface area contributed by atoms with Gasteiger partial charge in [-0.1, -0.05) is 12.1 Å². The topological polar surface area (TPSA) is 80.2 Å². The molecule has 0 spiro atoms. The summed E-state index contributed by atoms with van der Waals surface area (Å²) >= 11 is 0. The van der Waals surface area contributed by atoms with Gasteiger partial charge in [-0.15, -0.1) is 0 Å². The van der Waals surface area contributed by atoms with Crippen molar-refractivity contribution in [3.05, 3.63) is 29.8 Å². The molecule has 1 fully saturated rings. The number of carbonyl (C=O) groups excluding carboxylic acids is 3. The molecule has 2 amide bonds. The molecule has 0 bridgehead atoms. The Bertz CT molecular complexity index is 641. The van der Waals surface area contributed by atoms with Crippen LogP contribution in [0.1, 0.15) is 24.2 Å². The molecule has 7 nitrogen and oxygen atoms in total. The number of amides is 2. The Kier molecular flexibility index (Phi) is 6.66. The Balaban J connectivity index is 1.91. The summed E-state index contributed by atoms with van der Waals surface area (Å²) in [4.78, 5) is 38.7. The van der Waals surface area contributed by atoms with Crippen molar-refractivity contribution >= 4 is 23.3 Å². The quantitative estimate of drug-likeness (QED) is 0.685. The zero-order valence-electron chi connectivity index (χ0n) is 15.0. The molecule has 1 saturated heterocycles. The summed E-state index contributed by atoms with van der Waals surface area (Å²) in [6, 6.07) is 6.44. The molecule has 1 aliphatic heterocycles. The Morgan fingerprint density at radius 2 is 1.96 bits per heavy atom. The van der Waals surface area contributed by atoms with Crippen LogP contribution in [0.2, 0.25) is 0 Å². The molecule has 1 heterocycles. The molecule has 7 heteroatoms. The van der Waals surface area contributed by atoms with Crippen molar-refractivity contribution in [2.24, 2.45) is 0 Å². The predicted molar refractivity (Wildman–Crippen MR) is 93.7 cm³/mol. The number of ketones is 1. The summed E-state index contributed by atoms with van der Waals surface area (Å²) in [5, 5.41) is 2.81. The summed E-state index contributed by atoms with van der Waals surface area (Å²) in [6.07, 6.45) is 0. The van der Waals surface area contributed by atoms with Crippen molar-refractivity contribution in [2.75, 3.05) is 45.2 Å². The maximum Gasteiger partial charge on any atom is 0.282 e. The van der Waals surface area contributed by atoms with E-state index in [1.807, 2.05) is 7.05 Å².